The average molecular weight is 312 g/mol. The van der Waals surface area contributed by atoms with Crippen LogP contribution in [0.5, 0.6) is 5.75 Å². The number of hydrogen-bond acceptors (Lipinski definition) is 4. The molecule has 1 heterocycles. The van der Waals surface area contributed by atoms with E-state index in [1.54, 1.807) is 19.2 Å². The highest BCUT2D eigenvalue weighted by Gasteiger charge is 2.27. The summed E-state index contributed by atoms with van der Waals surface area (Å²) in [5.41, 5.74) is 2.27. The third kappa shape index (κ3) is 3.35. The largest absolute Gasteiger partial charge is 0.496 e. The SMILES string of the molecule is COc1ccc([N+](=O)[O-])cc1CN1CCCC1c1ccccc1. The maximum atomic E-state index is 11.0. The Morgan fingerprint density at radius 1 is 1.26 bits per heavy atom. The van der Waals surface area contributed by atoms with Gasteiger partial charge in [-0.2, -0.15) is 0 Å². The van der Waals surface area contributed by atoms with Crippen molar-refractivity contribution < 1.29 is 9.66 Å². The summed E-state index contributed by atoms with van der Waals surface area (Å²) < 4.78 is 5.38. The third-order valence-corrected chi connectivity index (χ3v) is 4.40. The molecule has 0 bridgehead atoms. The number of benzene rings is 2. The fourth-order valence-electron chi connectivity index (χ4n) is 3.29. The Kier molecular flexibility index (Phi) is 4.57. The van der Waals surface area contributed by atoms with E-state index in [4.69, 9.17) is 4.74 Å². The molecule has 0 amide bonds. The molecule has 5 nitrogen and oxygen atoms in total. The summed E-state index contributed by atoms with van der Waals surface area (Å²) in [4.78, 5) is 13.0. The molecule has 1 aliphatic heterocycles. The number of non-ortho nitro benzene ring substituents is 1. The van der Waals surface area contributed by atoms with Crippen molar-refractivity contribution in [3.63, 3.8) is 0 Å². The van der Waals surface area contributed by atoms with E-state index in [-0.39, 0.29) is 10.6 Å². The second kappa shape index (κ2) is 6.79. The summed E-state index contributed by atoms with van der Waals surface area (Å²) in [6, 6.07) is 15.6. The zero-order chi connectivity index (χ0) is 16.2. The molecule has 2 aromatic rings. The van der Waals surface area contributed by atoms with Crippen LogP contribution in [0.25, 0.3) is 0 Å². The fraction of sp³-hybridized carbons (Fsp3) is 0.333. The van der Waals surface area contributed by atoms with Crippen molar-refractivity contribution in [1.82, 2.24) is 4.90 Å². The lowest BCUT2D eigenvalue weighted by molar-refractivity contribution is -0.385. The Morgan fingerprint density at radius 3 is 2.74 bits per heavy atom. The Labute approximate surface area is 135 Å². The van der Waals surface area contributed by atoms with E-state index in [0.717, 1.165) is 24.9 Å². The van der Waals surface area contributed by atoms with E-state index in [1.807, 2.05) is 6.07 Å². The number of nitrogens with zero attached hydrogens (tertiary/aromatic N) is 2. The first kappa shape index (κ1) is 15.5. The van der Waals surface area contributed by atoms with Gasteiger partial charge in [0, 0.05) is 30.3 Å². The predicted octanol–water partition coefficient (Wildman–Crippen LogP) is 3.94. The quantitative estimate of drug-likeness (QED) is 0.620. The first-order valence-electron chi connectivity index (χ1n) is 7.79. The van der Waals surface area contributed by atoms with Gasteiger partial charge in [0.25, 0.3) is 5.69 Å². The number of hydrogen-bond donors (Lipinski definition) is 0. The number of methoxy groups -OCH3 is 1. The van der Waals surface area contributed by atoms with Gasteiger partial charge in [0.05, 0.1) is 12.0 Å². The standard InChI is InChI=1S/C18H20N2O3/c1-23-18-10-9-16(20(21)22)12-15(18)13-19-11-5-8-17(19)14-6-3-2-4-7-14/h2-4,6-7,9-10,12,17H,5,8,11,13H2,1H3. The van der Waals surface area contributed by atoms with Crippen LogP contribution < -0.4 is 4.74 Å². The lowest BCUT2D eigenvalue weighted by Crippen LogP contribution is -2.23. The number of nitro groups is 1. The van der Waals surface area contributed by atoms with Crippen LogP contribution in [0.4, 0.5) is 5.69 Å². The molecule has 0 spiro atoms. The molecule has 3 rings (SSSR count). The summed E-state index contributed by atoms with van der Waals surface area (Å²) in [5, 5.41) is 11.0. The van der Waals surface area contributed by atoms with Gasteiger partial charge in [0.1, 0.15) is 5.75 Å². The van der Waals surface area contributed by atoms with E-state index in [0.29, 0.717) is 18.3 Å². The second-order valence-electron chi connectivity index (χ2n) is 5.79. The molecule has 0 N–H and O–H groups in total. The molecule has 0 saturated carbocycles. The van der Waals surface area contributed by atoms with Crippen LogP contribution in [0.1, 0.15) is 30.0 Å². The van der Waals surface area contributed by atoms with Gasteiger partial charge in [0.2, 0.25) is 0 Å². The molecule has 120 valence electrons. The Balaban J connectivity index is 1.85. The van der Waals surface area contributed by atoms with Crippen molar-refractivity contribution in [3.05, 3.63) is 69.8 Å². The van der Waals surface area contributed by atoms with Crippen LogP contribution in [0.15, 0.2) is 48.5 Å². The van der Waals surface area contributed by atoms with E-state index in [1.165, 1.54) is 11.6 Å². The minimum absolute atomic E-state index is 0.108. The maximum absolute atomic E-state index is 11.0. The number of nitro benzene ring substituents is 1. The monoisotopic (exact) mass is 312 g/mol. The van der Waals surface area contributed by atoms with E-state index >= 15 is 0 Å². The lowest BCUT2D eigenvalue weighted by atomic mass is 10.0. The molecular weight excluding hydrogens is 292 g/mol. The predicted molar refractivity (Wildman–Crippen MR) is 88.5 cm³/mol. The van der Waals surface area contributed by atoms with Gasteiger partial charge in [0.15, 0.2) is 0 Å². The van der Waals surface area contributed by atoms with E-state index in [2.05, 4.69) is 29.2 Å². The van der Waals surface area contributed by atoms with Gasteiger partial charge in [-0.05, 0) is 31.0 Å². The van der Waals surface area contributed by atoms with Gasteiger partial charge in [-0.3, -0.25) is 15.0 Å². The van der Waals surface area contributed by atoms with Crippen LogP contribution in [-0.4, -0.2) is 23.5 Å². The van der Waals surface area contributed by atoms with Crippen molar-refractivity contribution in [3.8, 4) is 5.75 Å². The molecular formula is C18H20N2O3. The molecule has 0 radical (unpaired) electrons. The summed E-state index contributed by atoms with van der Waals surface area (Å²) >= 11 is 0. The second-order valence-corrected chi connectivity index (χ2v) is 5.79. The van der Waals surface area contributed by atoms with Crippen molar-refractivity contribution in [2.45, 2.75) is 25.4 Å². The average Bonchev–Trinajstić information content (AvgIpc) is 3.03. The summed E-state index contributed by atoms with van der Waals surface area (Å²) in [6.45, 7) is 1.65. The summed E-state index contributed by atoms with van der Waals surface area (Å²) in [5.74, 6) is 0.703. The first-order chi connectivity index (χ1) is 11.2. The molecule has 1 unspecified atom stereocenters. The summed E-state index contributed by atoms with van der Waals surface area (Å²) in [7, 11) is 1.60. The van der Waals surface area contributed by atoms with Gasteiger partial charge in [-0.25, -0.2) is 0 Å². The van der Waals surface area contributed by atoms with Crippen molar-refractivity contribution in [2.75, 3.05) is 13.7 Å². The van der Waals surface area contributed by atoms with Crippen LogP contribution in [0, 0.1) is 10.1 Å². The molecule has 1 saturated heterocycles. The number of ether oxygens (including phenoxy) is 1. The molecule has 23 heavy (non-hydrogen) atoms. The third-order valence-electron chi connectivity index (χ3n) is 4.40. The Morgan fingerprint density at radius 2 is 2.04 bits per heavy atom. The van der Waals surface area contributed by atoms with Gasteiger partial charge < -0.3 is 4.74 Å². The Bertz CT molecular complexity index is 688. The molecule has 0 aliphatic carbocycles. The van der Waals surface area contributed by atoms with Gasteiger partial charge >= 0.3 is 0 Å². The van der Waals surface area contributed by atoms with Crippen molar-refractivity contribution in [1.29, 1.82) is 0 Å². The minimum atomic E-state index is -0.360. The highest BCUT2D eigenvalue weighted by Crippen LogP contribution is 2.35. The number of rotatable bonds is 5. The lowest BCUT2D eigenvalue weighted by Gasteiger charge is -2.25. The Hall–Kier alpha value is -2.40. The normalized spacial score (nSPS) is 18.0. The van der Waals surface area contributed by atoms with Crippen LogP contribution in [0.2, 0.25) is 0 Å². The van der Waals surface area contributed by atoms with Crippen LogP contribution in [0.3, 0.4) is 0 Å². The van der Waals surface area contributed by atoms with Crippen molar-refractivity contribution in [2.24, 2.45) is 0 Å². The molecule has 2 aromatic carbocycles. The number of likely N-dealkylation sites (tertiary alicyclic amines) is 1. The van der Waals surface area contributed by atoms with Crippen LogP contribution in [-0.2, 0) is 6.54 Å². The first-order valence-corrected chi connectivity index (χ1v) is 7.79. The molecule has 1 atom stereocenters. The molecule has 0 aromatic heterocycles. The van der Waals surface area contributed by atoms with E-state index < -0.39 is 0 Å². The van der Waals surface area contributed by atoms with Gasteiger partial charge in [-0.15, -0.1) is 0 Å². The molecule has 1 aliphatic rings. The van der Waals surface area contributed by atoms with Gasteiger partial charge in [-0.1, -0.05) is 30.3 Å². The van der Waals surface area contributed by atoms with Crippen molar-refractivity contribution >= 4 is 5.69 Å². The smallest absolute Gasteiger partial charge is 0.270 e. The highest BCUT2D eigenvalue weighted by molar-refractivity contribution is 5.44. The maximum Gasteiger partial charge on any atom is 0.270 e. The fourth-order valence-corrected chi connectivity index (χ4v) is 3.29. The molecule has 1 fully saturated rings. The zero-order valence-electron chi connectivity index (χ0n) is 13.1. The minimum Gasteiger partial charge on any atom is -0.496 e. The zero-order valence-corrected chi connectivity index (χ0v) is 13.1. The molecule has 5 heteroatoms. The van der Waals surface area contributed by atoms with Crippen LogP contribution >= 0.6 is 0 Å². The highest BCUT2D eigenvalue weighted by atomic mass is 16.6. The topological polar surface area (TPSA) is 55.6 Å². The van der Waals surface area contributed by atoms with E-state index in [9.17, 15) is 10.1 Å². The summed E-state index contributed by atoms with van der Waals surface area (Å²) in [6.07, 6.45) is 2.25.